The van der Waals surface area contributed by atoms with Crippen LogP contribution in [0, 0.1) is 12.3 Å². The fraction of sp³-hybridized carbons (Fsp3) is 0.381. The van der Waals surface area contributed by atoms with E-state index in [9.17, 15) is 5.11 Å². The molecule has 0 amide bonds. The van der Waals surface area contributed by atoms with Gasteiger partial charge in [0.2, 0.25) is 0 Å². The van der Waals surface area contributed by atoms with Crippen molar-refractivity contribution >= 4 is 41.3 Å². The SMILES string of the molecule is C#CCOc1cc(CN=C(NCC)NCC(C)(O)c2cccs2)ccc1OC.I. The first-order valence-corrected chi connectivity index (χ1v) is 9.90. The summed E-state index contributed by atoms with van der Waals surface area (Å²) in [5, 5.41) is 19.0. The standard InChI is InChI=1S/C21H27N3O3S.HI/c1-5-11-27-18-13-16(9-10-17(18)26-4)14-23-20(22-6-2)24-15-21(3,25)19-8-7-12-28-19;/h1,7-10,12-13,25H,6,11,14-15H2,2-4H3,(H2,22,23,24);1H. The molecule has 0 bridgehead atoms. The van der Waals surface area contributed by atoms with Crippen LogP contribution in [0.3, 0.4) is 0 Å². The van der Waals surface area contributed by atoms with Crippen molar-refractivity contribution in [3.05, 3.63) is 46.2 Å². The molecule has 8 heteroatoms. The van der Waals surface area contributed by atoms with Crippen molar-refractivity contribution in [3.63, 3.8) is 0 Å². The van der Waals surface area contributed by atoms with Crippen molar-refractivity contribution in [1.29, 1.82) is 0 Å². The molecule has 1 unspecified atom stereocenters. The van der Waals surface area contributed by atoms with Gasteiger partial charge in [0.25, 0.3) is 0 Å². The van der Waals surface area contributed by atoms with E-state index in [1.165, 1.54) is 11.3 Å². The summed E-state index contributed by atoms with van der Waals surface area (Å²) in [7, 11) is 1.59. The van der Waals surface area contributed by atoms with Crippen LogP contribution in [0.5, 0.6) is 11.5 Å². The molecule has 0 radical (unpaired) electrons. The third kappa shape index (κ3) is 7.76. The highest BCUT2D eigenvalue weighted by Crippen LogP contribution is 2.28. The lowest BCUT2D eigenvalue weighted by Gasteiger charge is -2.23. The molecule has 2 aromatic rings. The number of aliphatic imine (C=N–C) groups is 1. The molecule has 1 aromatic carbocycles. The summed E-state index contributed by atoms with van der Waals surface area (Å²) in [5.74, 6) is 4.29. The molecule has 6 nitrogen and oxygen atoms in total. The number of terminal acetylenes is 1. The summed E-state index contributed by atoms with van der Waals surface area (Å²) in [5.41, 5.74) is -0.0178. The molecule has 0 fully saturated rings. The van der Waals surface area contributed by atoms with E-state index < -0.39 is 5.60 Å². The molecular weight excluding hydrogens is 501 g/mol. The van der Waals surface area contributed by atoms with Gasteiger partial charge in [-0.05, 0) is 43.0 Å². The summed E-state index contributed by atoms with van der Waals surface area (Å²) in [6.07, 6.45) is 5.27. The Kier molecular flexibility index (Phi) is 10.9. The molecule has 0 aliphatic rings. The minimum Gasteiger partial charge on any atom is -0.493 e. The van der Waals surface area contributed by atoms with Gasteiger partial charge >= 0.3 is 0 Å². The molecule has 1 heterocycles. The quantitative estimate of drug-likeness (QED) is 0.201. The Bertz CT molecular complexity index is 817. The monoisotopic (exact) mass is 529 g/mol. The predicted molar refractivity (Wildman–Crippen MR) is 129 cm³/mol. The Balaban J connectivity index is 0.00000420. The number of hydrogen-bond donors (Lipinski definition) is 3. The number of rotatable bonds is 9. The van der Waals surface area contributed by atoms with Gasteiger partial charge in [-0.1, -0.05) is 18.1 Å². The van der Waals surface area contributed by atoms with Crippen LogP contribution in [0.2, 0.25) is 0 Å². The third-order valence-corrected chi connectivity index (χ3v) is 5.08. The molecule has 1 atom stereocenters. The van der Waals surface area contributed by atoms with Crippen molar-refractivity contribution in [1.82, 2.24) is 10.6 Å². The number of aliphatic hydroxyl groups is 1. The summed E-state index contributed by atoms with van der Waals surface area (Å²) in [4.78, 5) is 5.50. The number of hydrogen-bond acceptors (Lipinski definition) is 5. The van der Waals surface area contributed by atoms with Crippen LogP contribution in [0.4, 0.5) is 0 Å². The third-order valence-electron chi connectivity index (χ3n) is 3.96. The zero-order valence-corrected chi connectivity index (χ0v) is 20.0. The van der Waals surface area contributed by atoms with Crippen LogP contribution in [0.1, 0.15) is 24.3 Å². The zero-order valence-electron chi connectivity index (χ0n) is 16.9. The van der Waals surface area contributed by atoms with Crippen molar-refractivity contribution in [2.24, 2.45) is 4.99 Å². The number of halogens is 1. The van der Waals surface area contributed by atoms with E-state index in [2.05, 4.69) is 21.5 Å². The number of thiophene rings is 1. The second-order valence-electron chi connectivity index (χ2n) is 6.28. The Labute approximate surface area is 193 Å². The summed E-state index contributed by atoms with van der Waals surface area (Å²) < 4.78 is 10.8. The normalized spacial score (nSPS) is 12.9. The maximum atomic E-state index is 10.7. The summed E-state index contributed by atoms with van der Waals surface area (Å²) in [6.45, 7) is 5.45. The lowest BCUT2D eigenvalue weighted by molar-refractivity contribution is 0.0655. The van der Waals surface area contributed by atoms with Gasteiger partial charge in [0, 0.05) is 11.4 Å². The summed E-state index contributed by atoms with van der Waals surface area (Å²) in [6, 6.07) is 9.48. The Hall–Kier alpha value is -1.96. The van der Waals surface area contributed by atoms with E-state index in [1.54, 1.807) is 14.0 Å². The van der Waals surface area contributed by atoms with Crippen LogP contribution in [-0.2, 0) is 12.1 Å². The van der Waals surface area contributed by atoms with E-state index in [0.29, 0.717) is 37.1 Å². The lowest BCUT2D eigenvalue weighted by Crippen LogP contribution is -2.44. The van der Waals surface area contributed by atoms with Crippen molar-refractivity contribution in [2.75, 3.05) is 26.8 Å². The Morgan fingerprint density at radius 1 is 1.31 bits per heavy atom. The first-order chi connectivity index (χ1) is 13.5. The maximum absolute atomic E-state index is 10.7. The van der Waals surface area contributed by atoms with Crippen molar-refractivity contribution in [3.8, 4) is 23.8 Å². The molecule has 0 saturated heterocycles. The zero-order chi connectivity index (χ0) is 20.4. The smallest absolute Gasteiger partial charge is 0.191 e. The van der Waals surface area contributed by atoms with Gasteiger partial charge in [-0.15, -0.1) is 41.7 Å². The second-order valence-corrected chi connectivity index (χ2v) is 7.23. The lowest BCUT2D eigenvalue weighted by atomic mass is 10.1. The molecule has 1 aromatic heterocycles. The first-order valence-electron chi connectivity index (χ1n) is 9.02. The van der Waals surface area contributed by atoms with E-state index in [4.69, 9.17) is 15.9 Å². The summed E-state index contributed by atoms with van der Waals surface area (Å²) >= 11 is 1.53. The molecule has 0 aliphatic heterocycles. The fourth-order valence-electron chi connectivity index (χ4n) is 2.49. The van der Waals surface area contributed by atoms with Gasteiger partial charge in [-0.25, -0.2) is 4.99 Å². The number of nitrogens with one attached hydrogen (secondary N) is 2. The van der Waals surface area contributed by atoms with E-state index in [0.717, 1.165) is 10.4 Å². The molecule has 0 aliphatic carbocycles. The average molecular weight is 529 g/mol. The van der Waals surface area contributed by atoms with Crippen LogP contribution >= 0.6 is 35.3 Å². The topological polar surface area (TPSA) is 75.1 Å². The van der Waals surface area contributed by atoms with Gasteiger partial charge in [0.05, 0.1) is 20.2 Å². The van der Waals surface area contributed by atoms with Gasteiger partial charge in [0.1, 0.15) is 12.2 Å². The highest BCUT2D eigenvalue weighted by atomic mass is 127. The fourth-order valence-corrected chi connectivity index (χ4v) is 3.28. The molecule has 158 valence electrons. The molecule has 3 N–H and O–H groups in total. The molecular formula is C21H28IN3O3S. The van der Waals surface area contributed by atoms with Gasteiger partial charge in [-0.3, -0.25) is 0 Å². The molecule has 29 heavy (non-hydrogen) atoms. The maximum Gasteiger partial charge on any atom is 0.191 e. The Morgan fingerprint density at radius 2 is 2.10 bits per heavy atom. The van der Waals surface area contributed by atoms with E-state index in [-0.39, 0.29) is 30.6 Å². The van der Waals surface area contributed by atoms with Crippen LogP contribution in [0.25, 0.3) is 0 Å². The van der Waals surface area contributed by atoms with Gasteiger partial charge < -0.3 is 25.2 Å². The first kappa shape index (κ1) is 25.1. The minimum absolute atomic E-state index is 0. The molecule has 0 spiro atoms. The number of ether oxygens (including phenoxy) is 2. The number of nitrogens with zero attached hydrogens (tertiary/aromatic N) is 1. The van der Waals surface area contributed by atoms with Gasteiger partial charge in [-0.2, -0.15) is 0 Å². The van der Waals surface area contributed by atoms with E-state index in [1.807, 2.05) is 42.6 Å². The minimum atomic E-state index is -0.972. The largest absolute Gasteiger partial charge is 0.493 e. The van der Waals surface area contributed by atoms with Crippen LogP contribution in [-0.4, -0.2) is 37.9 Å². The second kappa shape index (κ2) is 12.6. The van der Waals surface area contributed by atoms with Gasteiger partial charge in [0.15, 0.2) is 17.5 Å². The molecule has 2 rings (SSSR count). The number of guanidine groups is 1. The molecule has 0 saturated carbocycles. The highest BCUT2D eigenvalue weighted by Gasteiger charge is 2.24. The van der Waals surface area contributed by atoms with E-state index >= 15 is 0 Å². The van der Waals surface area contributed by atoms with Crippen molar-refractivity contribution < 1.29 is 14.6 Å². The Morgan fingerprint density at radius 3 is 2.72 bits per heavy atom. The van der Waals surface area contributed by atoms with Crippen molar-refractivity contribution in [2.45, 2.75) is 26.0 Å². The number of methoxy groups -OCH3 is 1. The average Bonchev–Trinajstić information content (AvgIpc) is 3.24. The number of benzene rings is 1. The van der Waals surface area contributed by atoms with Crippen LogP contribution < -0.4 is 20.1 Å². The highest BCUT2D eigenvalue weighted by molar-refractivity contribution is 14.0. The van der Waals surface area contributed by atoms with Crippen LogP contribution in [0.15, 0.2) is 40.7 Å². The predicted octanol–water partition coefficient (Wildman–Crippen LogP) is 3.35.